The molecule has 0 saturated heterocycles. The van der Waals surface area contributed by atoms with E-state index in [0.29, 0.717) is 25.4 Å². The molecule has 0 amide bonds. The topological polar surface area (TPSA) is 82.1 Å². The van der Waals surface area contributed by atoms with Gasteiger partial charge in [-0.25, -0.2) is 0 Å². The van der Waals surface area contributed by atoms with Gasteiger partial charge in [-0.1, -0.05) is 17.7 Å². The fourth-order valence-electron chi connectivity index (χ4n) is 1.82. The quantitative estimate of drug-likeness (QED) is 0.537. The van der Waals surface area contributed by atoms with Crippen LogP contribution in [0.5, 0.6) is 0 Å². The van der Waals surface area contributed by atoms with E-state index in [1.165, 1.54) is 12.8 Å². The van der Waals surface area contributed by atoms with Gasteiger partial charge in [0.25, 0.3) is 10.1 Å². The van der Waals surface area contributed by atoms with Crippen molar-refractivity contribution in [3.05, 3.63) is 29.8 Å². The molecular weight excluding hydrogens is 332 g/mol. The molecule has 0 bridgehead atoms. The molecule has 6 nitrogen and oxygen atoms in total. The Morgan fingerprint density at radius 1 is 0.958 bits per heavy atom. The molecular formula is C17H26O6S. The van der Waals surface area contributed by atoms with Gasteiger partial charge in [0.1, 0.15) is 0 Å². The molecule has 136 valence electrons. The molecule has 0 unspecified atom stereocenters. The summed E-state index contributed by atoms with van der Waals surface area (Å²) in [5, 5.41) is 8.22. The predicted molar refractivity (Wildman–Crippen MR) is 89.4 cm³/mol. The van der Waals surface area contributed by atoms with Gasteiger partial charge in [-0.3, -0.25) is 4.18 Å². The number of aliphatic hydroxyl groups is 1. The zero-order valence-corrected chi connectivity index (χ0v) is 14.8. The smallest absolute Gasteiger partial charge is 0.297 e. The molecule has 0 spiro atoms. The molecule has 1 aromatic rings. The highest BCUT2D eigenvalue weighted by atomic mass is 32.2. The maximum atomic E-state index is 11.7. The first-order chi connectivity index (χ1) is 11.5. The van der Waals surface area contributed by atoms with Crippen LogP contribution in [-0.4, -0.2) is 52.2 Å². The van der Waals surface area contributed by atoms with E-state index in [1.54, 1.807) is 24.3 Å². The summed E-state index contributed by atoms with van der Waals surface area (Å²) in [6, 6.07) is 6.59. The molecule has 2 saturated carbocycles. The Labute approximate surface area is 143 Å². The summed E-state index contributed by atoms with van der Waals surface area (Å²) in [6.07, 6.45) is 5.35. The van der Waals surface area contributed by atoms with Crippen LogP contribution in [0.3, 0.4) is 0 Å². The van der Waals surface area contributed by atoms with Crippen molar-refractivity contribution in [2.75, 3.05) is 26.4 Å². The van der Waals surface area contributed by atoms with E-state index < -0.39 is 10.1 Å². The van der Waals surface area contributed by atoms with E-state index >= 15 is 0 Å². The number of aliphatic hydroxyl groups excluding tert-OH is 1. The lowest BCUT2D eigenvalue weighted by molar-refractivity contribution is 0.0808. The number of aryl methyl sites for hydroxylation is 1. The summed E-state index contributed by atoms with van der Waals surface area (Å²) in [7, 11) is -3.63. The van der Waals surface area contributed by atoms with Crippen LogP contribution in [0, 0.1) is 6.92 Å². The monoisotopic (exact) mass is 358 g/mol. The molecule has 2 fully saturated rings. The van der Waals surface area contributed by atoms with Crippen LogP contribution in [0.25, 0.3) is 0 Å². The predicted octanol–water partition coefficient (Wildman–Crippen LogP) is 2.04. The van der Waals surface area contributed by atoms with Gasteiger partial charge in [0.15, 0.2) is 0 Å². The average molecular weight is 358 g/mol. The van der Waals surface area contributed by atoms with Crippen LogP contribution in [0.2, 0.25) is 0 Å². The second-order valence-electron chi connectivity index (χ2n) is 5.95. The molecule has 1 N–H and O–H groups in total. The second-order valence-corrected chi connectivity index (χ2v) is 7.57. The van der Waals surface area contributed by atoms with Gasteiger partial charge < -0.3 is 14.6 Å². The molecule has 0 aromatic heterocycles. The van der Waals surface area contributed by atoms with E-state index in [1.807, 2.05) is 6.92 Å². The number of ether oxygens (including phenoxy) is 2. The van der Waals surface area contributed by atoms with E-state index in [0.717, 1.165) is 18.4 Å². The van der Waals surface area contributed by atoms with E-state index in [4.69, 9.17) is 18.8 Å². The largest absolute Gasteiger partial charge is 0.394 e. The summed E-state index contributed by atoms with van der Waals surface area (Å²) in [5.74, 6) is 0. The first-order valence-electron chi connectivity index (χ1n) is 8.31. The molecule has 1 aromatic carbocycles. The van der Waals surface area contributed by atoms with Crippen molar-refractivity contribution in [3.8, 4) is 0 Å². The van der Waals surface area contributed by atoms with Crippen molar-refractivity contribution in [1.29, 1.82) is 0 Å². The summed E-state index contributed by atoms with van der Waals surface area (Å²) in [6.45, 7) is 2.99. The van der Waals surface area contributed by atoms with Crippen molar-refractivity contribution in [1.82, 2.24) is 0 Å². The Kier molecular flexibility index (Phi) is 7.64. The van der Waals surface area contributed by atoms with E-state index in [-0.39, 0.29) is 18.1 Å². The normalized spacial score (nSPS) is 17.2. The van der Waals surface area contributed by atoms with Crippen LogP contribution < -0.4 is 0 Å². The van der Waals surface area contributed by atoms with Crippen molar-refractivity contribution in [2.24, 2.45) is 0 Å². The first kappa shape index (κ1) is 19.3. The molecule has 0 radical (unpaired) electrons. The number of hydrogen-bond acceptors (Lipinski definition) is 6. The zero-order chi connectivity index (χ0) is 17.4. The standard InChI is InChI=1S/C12H16O4S.C5H10O2/c1-10-2-6-12(7-3-10)17(13,14)16-9-8-15-11-4-5-11;6-3-4-7-5-1-2-5/h2-3,6-7,11H,4-5,8-9H2,1H3;5-6H,1-4H2. The molecule has 2 aliphatic rings. The Hall–Kier alpha value is -0.990. The van der Waals surface area contributed by atoms with Crippen LogP contribution >= 0.6 is 0 Å². The lowest BCUT2D eigenvalue weighted by atomic mass is 10.2. The maximum absolute atomic E-state index is 11.7. The van der Waals surface area contributed by atoms with Crippen molar-refractivity contribution in [2.45, 2.75) is 49.7 Å². The Bertz CT molecular complexity index is 576. The average Bonchev–Trinajstić information content (AvgIpc) is 3.46. The second kappa shape index (κ2) is 9.48. The fourth-order valence-corrected chi connectivity index (χ4v) is 2.71. The number of benzene rings is 1. The van der Waals surface area contributed by atoms with Crippen LogP contribution in [0.4, 0.5) is 0 Å². The van der Waals surface area contributed by atoms with Crippen molar-refractivity contribution >= 4 is 10.1 Å². The molecule has 0 atom stereocenters. The summed E-state index contributed by atoms with van der Waals surface area (Å²) < 4.78 is 38.7. The van der Waals surface area contributed by atoms with E-state index in [9.17, 15) is 8.42 Å². The van der Waals surface area contributed by atoms with Crippen molar-refractivity contribution in [3.63, 3.8) is 0 Å². The molecule has 0 heterocycles. The lowest BCUT2D eigenvalue weighted by Gasteiger charge is -2.06. The minimum Gasteiger partial charge on any atom is -0.394 e. The third-order valence-corrected chi connectivity index (χ3v) is 4.81. The van der Waals surface area contributed by atoms with Gasteiger partial charge in [0.2, 0.25) is 0 Å². The van der Waals surface area contributed by atoms with E-state index in [2.05, 4.69) is 0 Å². The van der Waals surface area contributed by atoms with Gasteiger partial charge >= 0.3 is 0 Å². The molecule has 7 heteroatoms. The Balaban J connectivity index is 0.000000249. The highest BCUT2D eigenvalue weighted by Crippen LogP contribution is 2.23. The molecule has 2 aliphatic carbocycles. The van der Waals surface area contributed by atoms with Crippen LogP contribution in [0.15, 0.2) is 29.2 Å². The Morgan fingerprint density at radius 3 is 2.00 bits per heavy atom. The Morgan fingerprint density at radius 2 is 1.50 bits per heavy atom. The van der Waals surface area contributed by atoms with Gasteiger partial charge in [-0.2, -0.15) is 8.42 Å². The van der Waals surface area contributed by atoms with Crippen LogP contribution in [0.1, 0.15) is 31.2 Å². The van der Waals surface area contributed by atoms with Gasteiger partial charge in [-0.05, 0) is 44.7 Å². The summed E-state index contributed by atoms with van der Waals surface area (Å²) in [5.41, 5.74) is 1.01. The minimum absolute atomic E-state index is 0.0761. The van der Waals surface area contributed by atoms with Gasteiger partial charge in [0.05, 0.1) is 43.5 Å². The first-order valence-corrected chi connectivity index (χ1v) is 9.72. The number of hydrogen-bond donors (Lipinski definition) is 1. The summed E-state index contributed by atoms with van der Waals surface area (Å²) >= 11 is 0. The highest BCUT2D eigenvalue weighted by Gasteiger charge is 2.22. The third kappa shape index (κ3) is 7.72. The van der Waals surface area contributed by atoms with Crippen LogP contribution in [-0.2, 0) is 23.8 Å². The summed E-state index contributed by atoms with van der Waals surface area (Å²) in [4.78, 5) is 0.189. The zero-order valence-electron chi connectivity index (χ0n) is 14.0. The molecule has 0 aliphatic heterocycles. The maximum Gasteiger partial charge on any atom is 0.297 e. The fraction of sp³-hybridized carbons (Fsp3) is 0.647. The number of rotatable bonds is 9. The lowest BCUT2D eigenvalue weighted by Crippen LogP contribution is -2.12. The van der Waals surface area contributed by atoms with Crippen molar-refractivity contribution < 1.29 is 27.2 Å². The highest BCUT2D eigenvalue weighted by molar-refractivity contribution is 7.86. The third-order valence-electron chi connectivity index (χ3n) is 3.48. The van der Waals surface area contributed by atoms with Gasteiger partial charge in [-0.15, -0.1) is 0 Å². The minimum atomic E-state index is -3.63. The SMILES string of the molecule is Cc1ccc(S(=O)(=O)OCCOC2CC2)cc1.OCCOC1CC1. The molecule has 3 rings (SSSR count). The molecule has 24 heavy (non-hydrogen) atoms. The van der Waals surface area contributed by atoms with Gasteiger partial charge in [0, 0.05) is 0 Å².